The number of nitrogens with two attached hydrogens (primary N) is 1. The van der Waals surface area contributed by atoms with Crippen molar-refractivity contribution in [3.05, 3.63) is 34.2 Å². The van der Waals surface area contributed by atoms with E-state index in [-0.39, 0.29) is 0 Å². The topological polar surface area (TPSA) is 48.1 Å². The Labute approximate surface area is 118 Å². The Bertz CT molecular complexity index is 537. The highest BCUT2D eigenvalue weighted by Crippen LogP contribution is 2.32. The number of benzene rings is 1. The van der Waals surface area contributed by atoms with Gasteiger partial charge in [-0.3, -0.25) is 0 Å². The summed E-state index contributed by atoms with van der Waals surface area (Å²) in [5.41, 5.74) is 8.95. The maximum absolute atomic E-state index is 5.70. The number of hydrogen-bond donors (Lipinski definition) is 1. The lowest BCUT2D eigenvalue weighted by Gasteiger charge is -2.10. The minimum Gasteiger partial charge on any atom is -0.493 e. The van der Waals surface area contributed by atoms with E-state index >= 15 is 0 Å². The summed E-state index contributed by atoms with van der Waals surface area (Å²) >= 11 is 1.66. The maximum Gasteiger partial charge on any atom is 0.128 e. The molecule has 2 rings (SSSR count). The molecule has 0 fully saturated rings. The molecule has 0 amide bonds. The van der Waals surface area contributed by atoms with Crippen molar-refractivity contribution in [2.75, 3.05) is 13.2 Å². The molecule has 2 aromatic rings. The van der Waals surface area contributed by atoms with Crippen LogP contribution in [-0.2, 0) is 12.8 Å². The molecule has 0 bridgehead atoms. The molecule has 2 N–H and O–H groups in total. The van der Waals surface area contributed by atoms with Gasteiger partial charge in [0.1, 0.15) is 5.75 Å². The van der Waals surface area contributed by atoms with Gasteiger partial charge in [0, 0.05) is 17.4 Å². The van der Waals surface area contributed by atoms with Gasteiger partial charge in [0.25, 0.3) is 0 Å². The van der Waals surface area contributed by atoms with Gasteiger partial charge in [-0.1, -0.05) is 13.0 Å². The summed E-state index contributed by atoms with van der Waals surface area (Å²) in [5, 5.41) is 3.17. The molecule has 0 saturated carbocycles. The number of thiazole rings is 1. The monoisotopic (exact) mass is 276 g/mol. The SMILES string of the molecule is CCOc1ccc(CC)cc1-c1csc(CCN)n1. The summed E-state index contributed by atoms with van der Waals surface area (Å²) in [6.07, 6.45) is 1.85. The molecule has 0 aliphatic heterocycles. The number of rotatable bonds is 6. The molecular weight excluding hydrogens is 256 g/mol. The molecule has 0 aliphatic rings. The van der Waals surface area contributed by atoms with Crippen LogP contribution in [0.5, 0.6) is 5.75 Å². The second-order valence-electron chi connectivity index (χ2n) is 4.28. The molecule has 102 valence electrons. The summed E-state index contributed by atoms with van der Waals surface area (Å²) in [5.74, 6) is 0.907. The third kappa shape index (κ3) is 3.33. The summed E-state index contributed by atoms with van der Waals surface area (Å²) in [4.78, 5) is 4.65. The number of ether oxygens (including phenoxy) is 1. The zero-order valence-corrected chi connectivity index (χ0v) is 12.3. The van der Waals surface area contributed by atoms with Crippen LogP contribution in [0.2, 0.25) is 0 Å². The van der Waals surface area contributed by atoms with Gasteiger partial charge in [-0.15, -0.1) is 11.3 Å². The van der Waals surface area contributed by atoms with Gasteiger partial charge in [-0.2, -0.15) is 0 Å². The standard InChI is InChI=1S/C15H20N2OS/c1-3-11-5-6-14(18-4-2)12(9-11)13-10-19-15(17-13)7-8-16/h5-6,9-10H,3-4,7-8,16H2,1-2H3. The number of aryl methyl sites for hydroxylation is 1. The van der Waals surface area contributed by atoms with Crippen LogP contribution in [0.25, 0.3) is 11.3 Å². The van der Waals surface area contributed by atoms with Gasteiger partial charge in [-0.25, -0.2) is 4.98 Å². The van der Waals surface area contributed by atoms with Crippen molar-refractivity contribution in [2.24, 2.45) is 5.73 Å². The molecule has 0 aliphatic carbocycles. The molecule has 0 spiro atoms. The van der Waals surface area contributed by atoms with Crippen molar-refractivity contribution >= 4 is 11.3 Å². The van der Waals surface area contributed by atoms with E-state index in [1.54, 1.807) is 11.3 Å². The summed E-state index contributed by atoms with van der Waals surface area (Å²) in [6, 6.07) is 6.33. The molecule has 3 nitrogen and oxygen atoms in total. The fraction of sp³-hybridized carbons (Fsp3) is 0.400. The van der Waals surface area contributed by atoms with Crippen molar-refractivity contribution in [3.63, 3.8) is 0 Å². The molecule has 1 aromatic carbocycles. The first-order chi connectivity index (χ1) is 9.28. The van der Waals surface area contributed by atoms with Crippen LogP contribution in [0.1, 0.15) is 24.4 Å². The predicted octanol–water partition coefficient (Wildman–Crippen LogP) is 3.27. The quantitative estimate of drug-likeness (QED) is 0.881. The minimum atomic E-state index is 0.639. The van der Waals surface area contributed by atoms with E-state index < -0.39 is 0 Å². The van der Waals surface area contributed by atoms with E-state index in [2.05, 4.69) is 29.4 Å². The Balaban J connectivity index is 2.38. The molecule has 1 aromatic heterocycles. The van der Waals surface area contributed by atoms with Gasteiger partial charge >= 0.3 is 0 Å². The average Bonchev–Trinajstić information content (AvgIpc) is 2.88. The van der Waals surface area contributed by atoms with Gasteiger partial charge < -0.3 is 10.5 Å². The van der Waals surface area contributed by atoms with Gasteiger partial charge in [0.05, 0.1) is 17.3 Å². The summed E-state index contributed by atoms with van der Waals surface area (Å²) < 4.78 is 5.70. The van der Waals surface area contributed by atoms with E-state index in [9.17, 15) is 0 Å². The van der Waals surface area contributed by atoms with Crippen LogP contribution in [0.15, 0.2) is 23.6 Å². The van der Waals surface area contributed by atoms with Crippen LogP contribution < -0.4 is 10.5 Å². The second kappa shape index (κ2) is 6.68. The molecule has 1 heterocycles. The van der Waals surface area contributed by atoms with Gasteiger partial charge in [0.2, 0.25) is 0 Å². The Kier molecular flexibility index (Phi) is 4.93. The number of aromatic nitrogens is 1. The molecule has 0 unspecified atom stereocenters. The fourth-order valence-electron chi connectivity index (χ4n) is 1.95. The third-order valence-electron chi connectivity index (χ3n) is 2.94. The first-order valence-corrected chi connectivity index (χ1v) is 7.57. The average molecular weight is 276 g/mol. The van der Waals surface area contributed by atoms with Gasteiger partial charge in [-0.05, 0) is 37.6 Å². The first-order valence-electron chi connectivity index (χ1n) is 6.69. The number of hydrogen-bond acceptors (Lipinski definition) is 4. The third-order valence-corrected chi connectivity index (χ3v) is 3.85. The van der Waals surface area contributed by atoms with Crippen molar-refractivity contribution in [2.45, 2.75) is 26.7 Å². The predicted molar refractivity (Wildman–Crippen MR) is 80.9 cm³/mol. The number of nitrogens with zero attached hydrogens (tertiary/aromatic N) is 1. The normalized spacial score (nSPS) is 10.7. The van der Waals surface area contributed by atoms with Crippen LogP contribution in [-0.4, -0.2) is 18.1 Å². The maximum atomic E-state index is 5.70. The Morgan fingerprint density at radius 1 is 1.32 bits per heavy atom. The van der Waals surface area contributed by atoms with E-state index in [1.165, 1.54) is 5.56 Å². The second-order valence-corrected chi connectivity index (χ2v) is 5.22. The largest absolute Gasteiger partial charge is 0.493 e. The fourth-order valence-corrected chi connectivity index (χ4v) is 2.77. The van der Waals surface area contributed by atoms with E-state index in [0.29, 0.717) is 13.2 Å². The summed E-state index contributed by atoms with van der Waals surface area (Å²) in [7, 11) is 0. The van der Waals surface area contributed by atoms with Crippen LogP contribution in [0.3, 0.4) is 0 Å². The Hall–Kier alpha value is -1.39. The zero-order chi connectivity index (χ0) is 13.7. The van der Waals surface area contributed by atoms with Crippen LogP contribution in [0.4, 0.5) is 0 Å². The van der Waals surface area contributed by atoms with Crippen molar-refractivity contribution < 1.29 is 4.74 Å². The lowest BCUT2D eigenvalue weighted by atomic mass is 10.1. The van der Waals surface area contributed by atoms with Crippen molar-refractivity contribution in [1.82, 2.24) is 4.98 Å². The lowest BCUT2D eigenvalue weighted by Crippen LogP contribution is -2.02. The highest BCUT2D eigenvalue weighted by molar-refractivity contribution is 7.09. The molecule has 0 saturated heterocycles. The van der Waals surface area contributed by atoms with Gasteiger partial charge in [0.15, 0.2) is 0 Å². The highest BCUT2D eigenvalue weighted by Gasteiger charge is 2.11. The van der Waals surface area contributed by atoms with E-state index in [4.69, 9.17) is 10.5 Å². The zero-order valence-electron chi connectivity index (χ0n) is 11.5. The molecule has 0 atom stereocenters. The molecule has 4 heteroatoms. The van der Waals surface area contributed by atoms with Crippen LogP contribution >= 0.6 is 11.3 Å². The minimum absolute atomic E-state index is 0.639. The Morgan fingerprint density at radius 3 is 2.84 bits per heavy atom. The highest BCUT2D eigenvalue weighted by atomic mass is 32.1. The molecule has 0 radical (unpaired) electrons. The van der Waals surface area contributed by atoms with Crippen molar-refractivity contribution in [3.8, 4) is 17.0 Å². The molecule has 19 heavy (non-hydrogen) atoms. The lowest BCUT2D eigenvalue weighted by molar-refractivity contribution is 0.341. The van der Waals surface area contributed by atoms with E-state index in [1.807, 2.05) is 13.0 Å². The Morgan fingerprint density at radius 2 is 2.16 bits per heavy atom. The van der Waals surface area contributed by atoms with Crippen LogP contribution in [0, 0.1) is 0 Å². The van der Waals surface area contributed by atoms with E-state index in [0.717, 1.165) is 34.9 Å². The van der Waals surface area contributed by atoms with Crippen molar-refractivity contribution in [1.29, 1.82) is 0 Å². The molecular formula is C15H20N2OS. The first kappa shape index (κ1) is 14.0. The smallest absolute Gasteiger partial charge is 0.128 e. The summed E-state index contributed by atoms with van der Waals surface area (Å²) in [6.45, 7) is 5.46.